The molecule has 0 aliphatic heterocycles. The number of rotatable bonds is 5. The molecule has 106 valence electrons. The summed E-state index contributed by atoms with van der Waals surface area (Å²) in [6.07, 6.45) is 0.501. The van der Waals surface area contributed by atoms with Crippen molar-refractivity contribution >= 4 is 15.8 Å². The first-order valence-electron chi connectivity index (χ1n) is 6.25. The Morgan fingerprint density at radius 3 is 2.26 bits per heavy atom. The Bertz CT molecular complexity index is 575. The van der Waals surface area contributed by atoms with Crippen LogP contribution in [0, 0.1) is 19.8 Å². The Morgan fingerprint density at radius 1 is 1.26 bits per heavy atom. The molecule has 0 aliphatic rings. The fourth-order valence-electron chi connectivity index (χ4n) is 1.93. The topological polar surface area (TPSA) is 71.4 Å². The van der Waals surface area contributed by atoms with E-state index in [0.717, 1.165) is 11.1 Å². The first-order chi connectivity index (χ1) is 8.71. The summed E-state index contributed by atoms with van der Waals surface area (Å²) in [4.78, 5) is 11.4. The summed E-state index contributed by atoms with van der Waals surface area (Å²) in [5.74, 6) is -1.71. The molecule has 0 radical (unpaired) electrons. The Labute approximate surface area is 114 Å². The van der Waals surface area contributed by atoms with Crippen molar-refractivity contribution in [1.82, 2.24) is 0 Å². The van der Waals surface area contributed by atoms with Crippen LogP contribution >= 0.6 is 0 Å². The Kier molecular flexibility index (Phi) is 4.74. The van der Waals surface area contributed by atoms with Crippen molar-refractivity contribution in [1.29, 1.82) is 0 Å². The van der Waals surface area contributed by atoms with E-state index in [1.807, 2.05) is 13.8 Å². The van der Waals surface area contributed by atoms with Crippen LogP contribution in [0.2, 0.25) is 0 Å². The molecule has 19 heavy (non-hydrogen) atoms. The molecular weight excluding hydrogens is 264 g/mol. The second-order valence-corrected chi connectivity index (χ2v) is 7.00. The van der Waals surface area contributed by atoms with Crippen LogP contribution in [0.4, 0.5) is 0 Å². The highest BCUT2D eigenvalue weighted by atomic mass is 32.2. The molecule has 0 amide bonds. The maximum absolute atomic E-state index is 12.5. The van der Waals surface area contributed by atoms with Crippen LogP contribution in [-0.4, -0.2) is 24.7 Å². The Morgan fingerprint density at radius 2 is 1.84 bits per heavy atom. The van der Waals surface area contributed by atoms with Crippen LogP contribution in [0.3, 0.4) is 0 Å². The maximum atomic E-state index is 12.5. The summed E-state index contributed by atoms with van der Waals surface area (Å²) in [5, 5.41) is 7.83. The number of carboxylic acids is 1. The zero-order valence-corrected chi connectivity index (χ0v) is 12.5. The Balaban J connectivity index is 3.35. The molecule has 1 aromatic carbocycles. The van der Waals surface area contributed by atoms with Gasteiger partial charge in [-0.1, -0.05) is 26.3 Å². The van der Waals surface area contributed by atoms with Crippen molar-refractivity contribution < 1.29 is 18.3 Å². The van der Waals surface area contributed by atoms with E-state index in [-0.39, 0.29) is 4.90 Å². The minimum atomic E-state index is -3.85. The van der Waals surface area contributed by atoms with Crippen LogP contribution in [0.15, 0.2) is 23.1 Å². The second-order valence-electron chi connectivity index (χ2n) is 4.94. The lowest BCUT2D eigenvalue weighted by Gasteiger charge is -2.19. The highest BCUT2D eigenvalue weighted by Crippen LogP contribution is 2.25. The fraction of sp³-hybridized carbons (Fsp3) is 0.500. The summed E-state index contributed by atoms with van der Waals surface area (Å²) >= 11 is 0. The summed E-state index contributed by atoms with van der Waals surface area (Å²) in [6.45, 7) is 7.14. The van der Waals surface area contributed by atoms with Crippen molar-refractivity contribution in [3.63, 3.8) is 0 Å². The standard InChI is InChI=1S/C14H20O4S/c1-5-9(2)13(14(15)16)19(17,18)12-7-6-10(3)11(4)8-12/h6-9,13H,5H2,1-4H3,(H,15,16). The molecule has 0 saturated heterocycles. The van der Waals surface area contributed by atoms with E-state index in [9.17, 15) is 18.3 Å². The molecular formula is C14H20O4S. The molecule has 0 aliphatic carbocycles. The third-order valence-corrected chi connectivity index (χ3v) is 5.79. The molecule has 0 heterocycles. The fourth-order valence-corrected chi connectivity index (χ4v) is 3.90. The minimum absolute atomic E-state index is 0.0864. The van der Waals surface area contributed by atoms with E-state index >= 15 is 0 Å². The molecule has 0 aromatic heterocycles. The molecule has 0 saturated carbocycles. The molecule has 1 rings (SSSR count). The van der Waals surface area contributed by atoms with Gasteiger partial charge >= 0.3 is 5.97 Å². The predicted molar refractivity (Wildman–Crippen MR) is 74.0 cm³/mol. The summed E-state index contributed by atoms with van der Waals surface area (Å²) < 4.78 is 24.9. The van der Waals surface area contributed by atoms with Gasteiger partial charge in [0.15, 0.2) is 15.1 Å². The second kappa shape index (κ2) is 5.74. The first-order valence-corrected chi connectivity index (χ1v) is 7.80. The van der Waals surface area contributed by atoms with E-state index in [4.69, 9.17) is 0 Å². The average Bonchev–Trinajstić information content (AvgIpc) is 2.31. The lowest BCUT2D eigenvalue weighted by Crippen LogP contribution is -2.36. The number of carboxylic acid groups (broad SMARTS) is 1. The van der Waals surface area contributed by atoms with E-state index < -0.39 is 27.0 Å². The zero-order valence-electron chi connectivity index (χ0n) is 11.7. The number of aliphatic carboxylic acids is 1. The van der Waals surface area contributed by atoms with Crippen molar-refractivity contribution in [2.45, 2.75) is 44.3 Å². The number of hydrogen-bond acceptors (Lipinski definition) is 3. The van der Waals surface area contributed by atoms with Gasteiger partial charge in [-0.2, -0.15) is 0 Å². The molecule has 0 spiro atoms. The lowest BCUT2D eigenvalue weighted by molar-refractivity contribution is -0.137. The molecule has 1 N–H and O–H groups in total. The number of hydrogen-bond donors (Lipinski definition) is 1. The maximum Gasteiger partial charge on any atom is 0.322 e. The Hall–Kier alpha value is -1.36. The molecule has 2 unspecified atom stereocenters. The molecule has 5 heteroatoms. The lowest BCUT2D eigenvalue weighted by atomic mass is 10.1. The summed E-state index contributed by atoms with van der Waals surface area (Å²) in [7, 11) is -3.85. The van der Waals surface area contributed by atoms with Gasteiger partial charge in [-0.15, -0.1) is 0 Å². The van der Waals surface area contributed by atoms with E-state index in [2.05, 4.69) is 0 Å². The average molecular weight is 284 g/mol. The van der Waals surface area contributed by atoms with E-state index in [0.29, 0.717) is 6.42 Å². The largest absolute Gasteiger partial charge is 0.480 e. The van der Waals surface area contributed by atoms with Gasteiger partial charge in [-0.25, -0.2) is 8.42 Å². The summed E-state index contributed by atoms with van der Waals surface area (Å²) in [6, 6.07) is 4.73. The van der Waals surface area contributed by atoms with Crippen LogP contribution in [0.5, 0.6) is 0 Å². The summed E-state index contributed by atoms with van der Waals surface area (Å²) in [5.41, 5.74) is 1.82. The van der Waals surface area contributed by atoms with Gasteiger partial charge in [-0.05, 0) is 43.0 Å². The van der Waals surface area contributed by atoms with E-state index in [1.165, 1.54) is 6.07 Å². The quantitative estimate of drug-likeness (QED) is 0.902. The normalized spacial score (nSPS) is 14.9. The van der Waals surface area contributed by atoms with Gasteiger partial charge < -0.3 is 5.11 Å². The highest BCUT2D eigenvalue weighted by molar-refractivity contribution is 7.92. The first kappa shape index (κ1) is 15.7. The zero-order chi connectivity index (χ0) is 14.8. The number of sulfone groups is 1. The van der Waals surface area contributed by atoms with Crippen LogP contribution in [0.1, 0.15) is 31.4 Å². The van der Waals surface area contributed by atoms with Gasteiger partial charge in [0.1, 0.15) is 0 Å². The number of aryl methyl sites for hydroxylation is 2. The van der Waals surface area contributed by atoms with Crippen LogP contribution < -0.4 is 0 Å². The van der Waals surface area contributed by atoms with Crippen molar-refractivity contribution in [3.05, 3.63) is 29.3 Å². The van der Waals surface area contributed by atoms with Crippen LogP contribution in [-0.2, 0) is 14.6 Å². The van der Waals surface area contributed by atoms with Gasteiger partial charge in [0.2, 0.25) is 0 Å². The van der Waals surface area contributed by atoms with E-state index in [1.54, 1.807) is 26.0 Å². The molecule has 0 fully saturated rings. The molecule has 0 bridgehead atoms. The molecule has 4 nitrogen and oxygen atoms in total. The number of benzene rings is 1. The minimum Gasteiger partial charge on any atom is -0.480 e. The predicted octanol–water partition coefficient (Wildman–Crippen LogP) is 2.58. The monoisotopic (exact) mass is 284 g/mol. The van der Waals surface area contributed by atoms with Crippen molar-refractivity contribution in [2.75, 3.05) is 0 Å². The smallest absolute Gasteiger partial charge is 0.322 e. The van der Waals surface area contributed by atoms with Crippen molar-refractivity contribution in [2.24, 2.45) is 5.92 Å². The third kappa shape index (κ3) is 3.15. The van der Waals surface area contributed by atoms with Gasteiger partial charge in [0.05, 0.1) is 4.90 Å². The molecule has 1 aromatic rings. The van der Waals surface area contributed by atoms with Gasteiger partial charge in [0, 0.05) is 0 Å². The number of carbonyl (C=O) groups is 1. The highest BCUT2D eigenvalue weighted by Gasteiger charge is 2.37. The SMILES string of the molecule is CCC(C)C(C(=O)O)S(=O)(=O)c1ccc(C)c(C)c1. The third-order valence-electron chi connectivity index (χ3n) is 3.55. The van der Waals surface area contributed by atoms with Gasteiger partial charge in [-0.3, -0.25) is 4.79 Å². The molecule has 2 atom stereocenters. The van der Waals surface area contributed by atoms with Gasteiger partial charge in [0.25, 0.3) is 0 Å². The van der Waals surface area contributed by atoms with Crippen molar-refractivity contribution in [3.8, 4) is 0 Å². The van der Waals surface area contributed by atoms with Crippen LogP contribution in [0.25, 0.3) is 0 Å².